The van der Waals surface area contributed by atoms with E-state index in [-0.39, 0.29) is 24.5 Å². The van der Waals surface area contributed by atoms with E-state index in [4.69, 9.17) is 17.3 Å². The molecular weight excluding hydrogens is 458 g/mol. The van der Waals surface area contributed by atoms with Crippen molar-refractivity contribution in [3.63, 3.8) is 0 Å². The van der Waals surface area contributed by atoms with Crippen LogP contribution in [-0.2, 0) is 4.79 Å². The lowest BCUT2D eigenvalue weighted by Gasteiger charge is -2.47. The lowest BCUT2D eigenvalue weighted by Crippen LogP contribution is -2.62. The fourth-order valence-corrected chi connectivity index (χ4v) is 4.91. The molecule has 2 atom stereocenters. The molecule has 1 amide bonds. The summed E-state index contributed by atoms with van der Waals surface area (Å²) in [7, 11) is 0. The smallest absolute Gasteiger partial charge is 0.272 e. The van der Waals surface area contributed by atoms with Crippen molar-refractivity contribution < 1.29 is 13.6 Å². The number of carbonyl (C=O) groups excluding carboxylic acids is 1. The molecule has 4 rings (SSSR count). The van der Waals surface area contributed by atoms with E-state index in [2.05, 4.69) is 31.0 Å². The molecule has 0 aromatic carbocycles. The van der Waals surface area contributed by atoms with Gasteiger partial charge in [0, 0.05) is 38.4 Å². The lowest BCUT2D eigenvalue weighted by atomic mass is 9.97. The summed E-state index contributed by atoms with van der Waals surface area (Å²) in [6.07, 6.45) is 2.87. The monoisotopic (exact) mass is 486 g/mol. The van der Waals surface area contributed by atoms with Gasteiger partial charge in [0.1, 0.15) is 5.92 Å². The van der Waals surface area contributed by atoms with Crippen molar-refractivity contribution in [1.29, 1.82) is 0 Å². The highest BCUT2D eigenvalue weighted by Crippen LogP contribution is 2.34. The molecule has 0 spiro atoms. The number of piperidine rings is 1. The number of pyridine rings is 1. The number of amides is 1. The summed E-state index contributed by atoms with van der Waals surface area (Å²) in [6, 6.07) is 1.94. The second kappa shape index (κ2) is 10.1. The van der Waals surface area contributed by atoms with Gasteiger partial charge in [0.15, 0.2) is 6.17 Å². The quantitative estimate of drug-likeness (QED) is 0.328. The Morgan fingerprint density at radius 1 is 1.30 bits per heavy atom. The topological polar surface area (TPSA) is 128 Å². The van der Waals surface area contributed by atoms with Crippen LogP contribution in [0.1, 0.15) is 12.8 Å². The first kappa shape index (κ1) is 24.1. The number of nitrogens with zero attached hydrogens (tertiary/aromatic N) is 4. The zero-order chi connectivity index (χ0) is 23.6. The Labute approximate surface area is 195 Å². The van der Waals surface area contributed by atoms with Crippen molar-refractivity contribution in [2.45, 2.75) is 42.5 Å². The third kappa shape index (κ3) is 5.57. The van der Waals surface area contributed by atoms with Crippen LogP contribution in [0.4, 0.5) is 20.2 Å². The highest BCUT2D eigenvalue weighted by atomic mass is 35.5. The molecule has 5 N–H and O–H groups in total. The molecule has 3 saturated heterocycles. The van der Waals surface area contributed by atoms with E-state index in [0.29, 0.717) is 31.9 Å². The molecule has 182 valence electrons. The van der Waals surface area contributed by atoms with Crippen LogP contribution in [0.5, 0.6) is 0 Å². The van der Waals surface area contributed by atoms with Crippen molar-refractivity contribution in [3.05, 3.63) is 23.4 Å². The van der Waals surface area contributed by atoms with E-state index >= 15 is 0 Å². The van der Waals surface area contributed by atoms with Crippen molar-refractivity contribution in [3.8, 4) is 0 Å². The van der Waals surface area contributed by atoms with Crippen molar-refractivity contribution >= 4 is 28.9 Å². The average Bonchev–Trinajstić information content (AvgIpc) is 2.79. The molecule has 0 aliphatic carbocycles. The van der Waals surface area contributed by atoms with E-state index in [9.17, 15) is 18.5 Å². The number of nitrogens with one attached hydrogen (secondary N) is 3. The Morgan fingerprint density at radius 3 is 2.58 bits per heavy atom. The van der Waals surface area contributed by atoms with Crippen LogP contribution < -0.4 is 26.6 Å². The Balaban J connectivity index is 1.41. The highest BCUT2D eigenvalue weighted by Gasteiger charge is 2.47. The number of hydrogen-bond donors (Lipinski definition) is 4. The van der Waals surface area contributed by atoms with Crippen LogP contribution in [0.3, 0.4) is 0 Å². The predicted molar refractivity (Wildman–Crippen MR) is 121 cm³/mol. The minimum absolute atomic E-state index is 0.135. The van der Waals surface area contributed by atoms with Gasteiger partial charge >= 0.3 is 0 Å². The highest BCUT2D eigenvalue weighted by molar-refractivity contribution is 6.21. The number of anilines is 2. The minimum atomic E-state index is -2.57. The van der Waals surface area contributed by atoms with Crippen LogP contribution in [0.2, 0.25) is 0 Å². The van der Waals surface area contributed by atoms with E-state index in [1.807, 2.05) is 4.90 Å². The zero-order valence-electron chi connectivity index (χ0n) is 18.1. The molecule has 2 unspecified atom stereocenters. The molecule has 0 bridgehead atoms. The summed E-state index contributed by atoms with van der Waals surface area (Å²) in [5.41, 5.74) is 7.13. The number of aromatic nitrogens is 1. The molecule has 0 radical (unpaired) electrons. The summed E-state index contributed by atoms with van der Waals surface area (Å²) in [5.74, 6) is -3.99. The van der Waals surface area contributed by atoms with E-state index in [1.165, 1.54) is 0 Å². The van der Waals surface area contributed by atoms with E-state index in [0.717, 1.165) is 18.5 Å². The first-order chi connectivity index (χ1) is 15.8. The number of nitrogens with two attached hydrogens (primary N) is 1. The standard InChI is InChI=1S/C20H29ClF2N8O2/c21-12-7-26-18(27-8-12)16(17(24)29-33)19(32)28-14-9-25-4-1-15(14)30-5-2-13(3-6-30)31-10-20(22,23)11-31/h1,4,9,12-13,16-18,26-27H,2-3,5-8,10-11,24H2,(H,28,32). The number of alkyl halides is 3. The van der Waals surface area contributed by atoms with Crippen molar-refractivity contribution in [2.24, 2.45) is 16.8 Å². The largest absolute Gasteiger partial charge is 0.370 e. The molecule has 1 aromatic heterocycles. The fourth-order valence-electron chi connectivity index (χ4n) is 4.73. The second-order valence-corrected chi connectivity index (χ2v) is 9.49. The van der Waals surface area contributed by atoms with Crippen LogP contribution in [-0.4, -0.2) is 84.7 Å². The van der Waals surface area contributed by atoms with Gasteiger partial charge in [-0.05, 0) is 18.9 Å². The summed E-state index contributed by atoms with van der Waals surface area (Å²) in [4.78, 5) is 32.4. The average molecular weight is 487 g/mol. The van der Waals surface area contributed by atoms with Gasteiger partial charge in [-0.25, -0.2) is 8.78 Å². The van der Waals surface area contributed by atoms with Gasteiger partial charge < -0.3 is 16.0 Å². The molecular formula is C20H29ClF2N8O2. The first-order valence-corrected chi connectivity index (χ1v) is 11.5. The normalized spacial score (nSPS) is 27.9. The van der Waals surface area contributed by atoms with Crippen LogP contribution in [0, 0.1) is 10.8 Å². The number of rotatable bonds is 7. The molecule has 1 aromatic rings. The van der Waals surface area contributed by atoms with Crippen LogP contribution in [0.15, 0.2) is 23.6 Å². The van der Waals surface area contributed by atoms with Crippen LogP contribution in [0.25, 0.3) is 0 Å². The van der Waals surface area contributed by atoms with Gasteiger partial charge in [-0.15, -0.1) is 16.5 Å². The van der Waals surface area contributed by atoms with Gasteiger partial charge in [0.2, 0.25) is 5.91 Å². The van der Waals surface area contributed by atoms with Gasteiger partial charge in [-0.1, -0.05) is 5.18 Å². The Kier molecular flexibility index (Phi) is 7.39. The maximum atomic E-state index is 13.2. The maximum Gasteiger partial charge on any atom is 0.272 e. The van der Waals surface area contributed by atoms with Crippen LogP contribution >= 0.6 is 11.6 Å². The molecule has 3 fully saturated rings. The number of likely N-dealkylation sites (tertiary alicyclic amines) is 1. The SMILES string of the molecule is NC(N=O)C(C(=O)Nc1cnccc1N1CCC(N2CC(F)(F)C2)CC1)C1NCC(Cl)CN1. The van der Waals surface area contributed by atoms with Gasteiger partial charge in [0.25, 0.3) is 5.92 Å². The molecule has 0 saturated carbocycles. The predicted octanol–water partition coefficient (Wildman–Crippen LogP) is 0.733. The van der Waals surface area contributed by atoms with Crippen molar-refractivity contribution in [2.75, 3.05) is 49.5 Å². The third-order valence-corrected chi connectivity index (χ3v) is 6.82. The number of nitroso groups, excluding NO2 is 1. The molecule has 3 aliphatic heterocycles. The minimum Gasteiger partial charge on any atom is -0.370 e. The summed E-state index contributed by atoms with van der Waals surface area (Å²) < 4.78 is 26.4. The molecule has 4 heterocycles. The van der Waals surface area contributed by atoms with E-state index < -0.39 is 30.1 Å². The third-order valence-electron chi connectivity index (χ3n) is 6.52. The second-order valence-electron chi connectivity index (χ2n) is 8.87. The van der Waals surface area contributed by atoms with Gasteiger partial charge in [0.05, 0.1) is 42.2 Å². The molecule has 33 heavy (non-hydrogen) atoms. The number of halogens is 3. The molecule has 10 nitrogen and oxygen atoms in total. The number of hydrogen-bond acceptors (Lipinski definition) is 9. The zero-order valence-corrected chi connectivity index (χ0v) is 18.8. The summed E-state index contributed by atoms with van der Waals surface area (Å²) in [6.45, 7) is 1.92. The Hall–Kier alpha value is -1.99. The molecule has 13 heteroatoms. The lowest BCUT2D eigenvalue weighted by molar-refractivity contribution is -0.148. The fraction of sp³-hybridized carbons (Fsp3) is 0.700. The first-order valence-electron chi connectivity index (χ1n) is 11.1. The number of carbonyl (C=O) groups is 1. The van der Waals surface area contributed by atoms with Crippen molar-refractivity contribution in [1.82, 2.24) is 20.5 Å². The maximum absolute atomic E-state index is 13.2. The summed E-state index contributed by atoms with van der Waals surface area (Å²) in [5, 5.41) is 11.8. The van der Waals surface area contributed by atoms with Gasteiger partial charge in [-0.3, -0.25) is 25.3 Å². The Morgan fingerprint density at radius 2 is 1.97 bits per heavy atom. The van der Waals surface area contributed by atoms with E-state index in [1.54, 1.807) is 18.5 Å². The molecule has 3 aliphatic rings. The Bertz CT molecular complexity index is 841. The summed E-state index contributed by atoms with van der Waals surface area (Å²) >= 11 is 6.08. The van der Waals surface area contributed by atoms with Gasteiger partial charge in [-0.2, -0.15) is 0 Å².